The second-order valence-corrected chi connectivity index (χ2v) is 8.65. The average Bonchev–Trinajstić information content (AvgIpc) is 2.56. The van der Waals surface area contributed by atoms with Crippen LogP contribution in [0.25, 0.3) is 0 Å². The van der Waals surface area contributed by atoms with Gasteiger partial charge in [-0.25, -0.2) is 4.79 Å². The summed E-state index contributed by atoms with van der Waals surface area (Å²) < 4.78 is 9.93. The summed E-state index contributed by atoms with van der Waals surface area (Å²) in [5.74, 6) is -0.321. The number of nitrogens with zero attached hydrogens (tertiary/aromatic N) is 2. The lowest BCUT2D eigenvalue weighted by Crippen LogP contribution is -2.63. The van der Waals surface area contributed by atoms with Gasteiger partial charge >= 0.3 is 12.1 Å². The Labute approximate surface area is 151 Å². The molecule has 0 aromatic carbocycles. The van der Waals surface area contributed by atoms with E-state index in [1.807, 2.05) is 0 Å². The van der Waals surface area contributed by atoms with Crippen molar-refractivity contribution in [2.24, 2.45) is 5.92 Å². The number of piperidine rings is 2. The Morgan fingerprint density at radius 3 is 2.16 bits per heavy atom. The highest BCUT2D eigenvalue weighted by atomic mass is 16.5. The molecule has 0 aliphatic carbocycles. The summed E-state index contributed by atoms with van der Waals surface area (Å²) in [5.41, 5.74) is 0.142. The van der Waals surface area contributed by atoms with Crippen LogP contribution in [0.3, 0.4) is 0 Å². The molecule has 144 valence electrons. The molecule has 2 aliphatic rings. The molecule has 0 aromatic rings. The summed E-state index contributed by atoms with van der Waals surface area (Å²) in [4.78, 5) is 28.6. The second-order valence-electron chi connectivity index (χ2n) is 8.65. The first kappa shape index (κ1) is 20.0. The van der Waals surface area contributed by atoms with Gasteiger partial charge in [0.1, 0.15) is 0 Å². The van der Waals surface area contributed by atoms with Gasteiger partial charge in [0.25, 0.3) is 0 Å². The maximum absolute atomic E-state index is 12.3. The van der Waals surface area contributed by atoms with E-state index in [1.165, 1.54) is 20.6 Å². The van der Waals surface area contributed by atoms with E-state index >= 15 is 0 Å². The topological polar surface area (TPSA) is 59.1 Å². The zero-order chi connectivity index (χ0) is 18.8. The van der Waals surface area contributed by atoms with E-state index in [-0.39, 0.29) is 35.1 Å². The zero-order valence-electron chi connectivity index (χ0n) is 16.6. The summed E-state index contributed by atoms with van der Waals surface area (Å²) in [7, 11) is 2.85. The molecule has 6 heteroatoms. The van der Waals surface area contributed by atoms with Crippen LogP contribution in [-0.4, -0.2) is 66.3 Å². The van der Waals surface area contributed by atoms with Gasteiger partial charge in [0.2, 0.25) is 0 Å². The van der Waals surface area contributed by atoms with Crippen LogP contribution in [0.5, 0.6) is 0 Å². The fraction of sp³-hybridized carbons (Fsp3) is 0.895. The molecule has 0 N–H and O–H groups in total. The molecule has 0 unspecified atom stereocenters. The SMILES string of the molecule is COC(=O)[C@H]1CCN(C(=O)OC)[C@H](CN2C(C)(C)CCCC2(C)C)C1. The van der Waals surface area contributed by atoms with Gasteiger partial charge in [0.15, 0.2) is 0 Å². The summed E-state index contributed by atoms with van der Waals surface area (Å²) in [6, 6.07) is -0.0399. The Hall–Kier alpha value is -1.30. The number of hydrogen-bond donors (Lipinski definition) is 0. The number of rotatable bonds is 3. The van der Waals surface area contributed by atoms with Gasteiger partial charge in [-0.05, 0) is 59.8 Å². The molecule has 0 radical (unpaired) electrons. The monoisotopic (exact) mass is 354 g/mol. The molecule has 0 saturated carbocycles. The van der Waals surface area contributed by atoms with E-state index in [0.29, 0.717) is 19.4 Å². The van der Waals surface area contributed by atoms with Crippen molar-refractivity contribution in [3.63, 3.8) is 0 Å². The van der Waals surface area contributed by atoms with Gasteiger partial charge in [-0.2, -0.15) is 0 Å². The number of hydrogen-bond acceptors (Lipinski definition) is 5. The number of methoxy groups -OCH3 is 2. The smallest absolute Gasteiger partial charge is 0.409 e. The summed E-state index contributed by atoms with van der Waals surface area (Å²) >= 11 is 0. The first-order valence-electron chi connectivity index (χ1n) is 9.32. The number of amides is 1. The van der Waals surface area contributed by atoms with E-state index in [1.54, 1.807) is 4.90 Å². The summed E-state index contributed by atoms with van der Waals surface area (Å²) in [6.07, 6.45) is 4.45. The highest BCUT2D eigenvalue weighted by molar-refractivity contribution is 5.73. The minimum absolute atomic E-state index is 0.0399. The van der Waals surface area contributed by atoms with E-state index in [4.69, 9.17) is 9.47 Å². The van der Waals surface area contributed by atoms with E-state index in [9.17, 15) is 9.59 Å². The molecular formula is C19H34N2O4. The molecular weight excluding hydrogens is 320 g/mol. The minimum Gasteiger partial charge on any atom is -0.469 e. The van der Waals surface area contributed by atoms with Crippen molar-refractivity contribution in [3.05, 3.63) is 0 Å². The predicted octanol–water partition coefficient (Wildman–Crippen LogP) is 3.05. The third-order valence-electron chi connectivity index (χ3n) is 6.09. The molecule has 2 heterocycles. The van der Waals surface area contributed by atoms with E-state index in [2.05, 4.69) is 32.6 Å². The van der Waals surface area contributed by atoms with Crippen LogP contribution in [-0.2, 0) is 14.3 Å². The predicted molar refractivity (Wildman–Crippen MR) is 96.4 cm³/mol. The molecule has 0 bridgehead atoms. The maximum atomic E-state index is 12.3. The van der Waals surface area contributed by atoms with Crippen molar-refractivity contribution in [2.45, 2.75) is 76.9 Å². The van der Waals surface area contributed by atoms with Crippen molar-refractivity contribution in [3.8, 4) is 0 Å². The Morgan fingerprint density at radius 1 is 1.04 bits per heavy atom. The molecule has 0 aromatic heterocycles. The largest absolute Gasteiger partial charge is 0.469 e. The molecule has 2 saturated heterocycles. The van der Waals surface area contributed by atoms with E-state index in [0.717, 1.165) is 19.4 Å². The quantitative estimate of drug-likeness (QED) is 0.729. The average molecular weight is 354 g/mol. The fourth-order valence-electron chi connectivity index (χ4n) is 4.71. The van der Waals surface area contributed by atoms with Gasteiger partial charge in [0.05, 0.1) is 20.1 Å². The highest BCUT2D eigenvalue weighted by Gasteiger charge is 2.45. The van der Waals surface area contributed by atoms with Crippen LogP contribution in [0.4, 0.5) is 4.79 Å². The lowest BCUT2D eigenvalue weighted by atomic mass is 9.78. The van der Waals surface area contributed by atoms with Crippen LogP contribution >= 0.6 is 0 Å². The van der Waals surface area contributed by atoms with Crippen LogP contribution in [0.15, 0.2) is 0 Å². The van der Waals surface area contributed by atoms with Crippen LogP contribution < -0.4 is 0 Å². The van der Waals surface area contributed by atoms with Crippen molar-refractivity contribution in [1.29, 1.82) is 0 Å². The van der Waals surface area contributed by atoms with Crippen molar-refractivity contribution >= 4 is 12.1 Å². The lowest BCUT2D eigenvalue weighted by molar-refractivity contribution is -0.148. The van der Waals surface area contributed by atoms with Gasteiger partial charge in [-0.15, -0.1) is 0 Å². The normalized spacial score (nSPS) is 29.1. The molecule has 2 fully saturated rings. The molecule has 6 nitrogen and oxygen atoms in total. The highest BCUT2D eigenvalue weighted by Crippen LogP contribution is 2.39. The third kappa shape index (κ3) is 4.27. The van der Waals surface area contributed by atoms with Gasteiger partial charge < -0.3 is 14.4 Å². The zero-order valence-corrected chi connectivity index (χ0v) is 16.6. The third-order valence-corrected chi connectivity index (χ3v) is 6.09. The van der Waals surface area contributed by atoms with Crippen molar-refractivity contribution in [1.82, 2.24) is 9.80 Å². The first-order chi connectivity index (χ1) is 11.6. The molecule has 0 spiro atoms. The maximum Gasteiger partial charge on any atom is 0.409 e. The lowest BCUT2D eigenvalue weighted by Gasteiger charge is -2.55. The van der Waals surface area contributed by atoms with Crippen LogP contribution in [0.1, 0.15) is 59.8 Å². The number of carbonyl (C=O) groups excluding carboxylic acids is 2. The van der Waals surface area contributed by atoms with Crippen LogP contribution in [0.2, 0.25) is 0 Å². The molecule has 2 rings (SSSR count). The summed E-state index contributed by atoms with van der Waals surface area (Å²) in [6.45, 7) is 10.4. The number of ether oxygens (including phenoxy) is 2. The van der Waals surface area contributed by atoms with Crippen molar-refractivity contribution in [2.75, 3.05) is 27.3 Å². The van der Waals surface area contributed by atoms with Gasteiger partial charge in [-0.1, -0.05) is 0 Å². The molecule has 1 amide bonds. The summed E-state index contributed by atoms with van der Waals surface area (Å²) in [5, 5.41) is 0. The van der Waals surface area contributed by atoms with Gasteiger partial charge in [-0.3, -0.25) is 9.69 Å². The Morgan fingerprint density at radius 2 is 1.64 bits per heavy atom. The minimum atomic E-state index is -0.305. The molecule has 25 heavy (non-hydrogen) atoms. The van der Waals surface area contributed by atoms with Gasteiger partial charge in [0, 0.05) is 30.2 Å². The van der Waals surface area contributed by atoms with Crippen LogP contribution in [0, 0.1) is 5.92 Å². The number of likely N-dealkylation sites (tertiary alicyclic amines) is 2. The second kappa shape index (κ2) is 7.52. The number of carbonyl (C=O) groups is 2. The Bertz CT molecular complexity index is 488. The first-order valence-corrected chi connectivity index (χ1v) is 9.32. The fourth-order valence-corrected chi connectivity index (χ4v) is 4.71. The Balaban J connectivity index is 2.23. The molecule has 2 atom stereocenters. The number of esters is 1. The van der Waals surface area contributed by atoms with Crippen molar-refractivity contribution < 1.29 is 19.1 Å². The Kier molecular flexibility index (Phi) is 6.02. The van der Waals surface area contributed by atoms with E-state index < -0.39 is 0 Å². The molecule has 2 aliphatic heterocycles. The standard InChI is InChI=1S/C19H34N2O4/c1-18(2)9-7-10-19(3,4)21(18)13-15-12-14(16(22)24-5)8-11-20(15)17(23)25-6/h14-15H,7-13H2,1-6H3/t14-,15-/m0/s1.